The third kappa shape index (κ3) is 12.8. The topological polar surface area (TPSA) is 87.5 Å². The number of fused-ring (bicyclic) bond motifs is 6. The fourth-order valence-corrected chi connectivity index (χ4v) is 14.1. The first-order valence-electron chi connectivity index (χ1n) is 33.5. The zero-order valence-electron chi connectivity index (χ0n) is 55.7. The molecule has 0 aliphatic heterocycles. The van der Waals surface area contributed by atoms with Gasteiger partial charge >= 0.3 is 0 Å². The summed E-state index contributed by atoms with van der Waals surface area (Å²) in [6, 6.07) is 68.5. The molecule has 6 aromatic carbocycles. The average Bonchev–Trinajstić information content (AvgIpc) is 1.57. The van der Waals surface area contributed by atoms with Gasteiger partial charge in [-0.1, -0.05) is 206 Å². The number of hydrogen-bond acceptors (Lipinski definition) is 8. The van der Waals surface area contributed by atoms with Gasteiger partial charge in [0.1, 0.15) is 23.1 Å². The van der Waals surface area contributed by atoms with E-state index in [9.17, 15) is 5.11 Å². The number of phenolic OH excluding ortho intramolecular Hbond substituents is 1. The molecule has 1 N–H and O–H groups in total. The highest BCUT2D eigenvalue weighted by molar-refractivity contribution is 5.88. The van der Waals surface area contributed by atoms with Crippen LogP contribution in [0.3, 0.4) is 0 Å². The van der Waals surface area contributed by atoms with Crippen molar-refractivity contribution >= 4 is 34.4 Å². The van der Waals surface area contributed by atoms with Crippen LogP contribution in [0.1, 0.15) is 180 Å². The van der Waals surface area contributed by atoms with Gasteiger partial charge in [0.15, 0.2) is 0 Å². The summed E-state index contributed by atoms with van der Waals surface area (Å²) in [5, 5.41) is 11.3. The molecule has 4 aromatic heterocycles. The largest absolute Gasteiger partial charge is 0.507 e. The van der Waals surface area contributed by atoms with E-state index in [2.05, 4.69) is 231 Å². The number of aromatic nitrogens is 4. The molecule has 0 spiro atoms. The van der Waals surface area contributed by atoms with E-state index in [0.29, 0.717) is 5.75 Å². The lowest BCUT2D eigenvalue weighted by Gasteiger charge is -2.32. The molecule has 0 atom stereocenters. The van der Waals surface area contributed by atoms with Gasteiger partial charge in [0, 0.05) is 68.2 Å². The van der Waals surface area contributed by atoms with E-state index >= 15 is 0 Å². The summed E-state index contributed by atoms with van der Waals surface area (Å²) in [5.74, 6) is 2.97. The second-order valence-corrected chi connectivity index (χ2v) is 27.1. The van der Waals surface area contributed by atoms with Crippen molar-refractivity contribution in [2.75, 3.05) is 16.9 Å². The fraction of sp³-hybridized carbons (Fsp3) is 0.325. The van der Waals surface area contributed by atoms with E-state index in [4.69, 9.17) is 24.7 Å². The molecule has 10 aromatic rings. The second-order valence-electron chi connectivity index (χ2n) is 27.1. The summed E-state index contributed by atoms with van der Waals surface area (Å²) < 4.78 is 6.02. The average molecular weight is 1210 g/mol. The van der Waals surface area contributed by atoms with Gasteiger partial charge in [-0.2, -0.15) is 0 Å². The first-order chi connectivity index (χ1) is 44.1. The third-order valence-corrected chi connectivity index (χ3v) is 18.9. The van der Waals surface area contributed by atoms with Crippen molar-refractivity contribution in [3.05, 3.63) is 240 Å². The van der Waals surface area contributed by atoms with Crippen molar-refractivity contribution in [2.24, 2.45) is 0 Å². The summed E-state index contributed by atoms with van der Waals surface area (Å²) in [7, 11) is 1.78. The lowest BCUT2D eigenvalue weighted by atomic mass is 9.71. The fourth-order valence-electron chi connectivity index (χ4n) is 14.1. The lowest BCUT2D eigenvalue weighted by Crippen LogP contribution is -2.25. The molecule has 0 amide bonds. The molecule has 2 aliphatic carbocycles. The maximum Gasteiger partial charge on any atom is 0.137 e. The Labute approximate surface area is 542 Å². The van der Waals surface area contributed by atoms with Crippen LogP contribution in [0.2, 0.25) is 0 Å². The van der Waals surface area contributed by atoms with Crippen molar-refractivity contribution in [3.8, 4) is 56.5 Å². The molecule has 8 nitrogen and oxygen atoms in total. The van der Waals surface area contributed by atoms with E-state index in [1.54, 1.807) is 7.11 Å². The zero-order chi connectivity index (χ0) is 63.9. The van der Waals surface area contributed by atoms with Crippen molar-refractivity contribution in [1.82, 2.24) is 19.9 Å². The van der Waals surface area contributed by atoms with E-state index in [1.807, 2.05) is 54.9 Å². The number of pyridine rings is 4. The summed E-state index contributed by atoms with van der Waals surface area (Å²) >= 11 is 0. The van der Waals surface area contributed by atoms with Crippen molar-refractivity contribution < 1.29 is 9.84 Å². The summed E-state index contributed by atoms with van der Waals surface area (Å²) in [6.07, 6.45) is 17.3. The quantitative estimate of drug-likeness (QED) is 0.0761. The normalized spacial score (nSPS) is 13.3. The first-order valence-corrected chi connectivity index (χ1v) is 33.5. The van der Waals surface area contributed by atoms with Crippen LogP contribution in [0.4, 0.5) is 34.4 Å². The highest BCUT2D eigenvalue weighted by atomic mass is 16.5. The smallest absolute Gasteiger partial charge is 0.137 e. The summed E-state index contributed by atoms with van der Waals surface area (Å²) in [4.78, 5) is 24.9. The number of nitrogens with zero attached hydrogens (tertiary/aromatic N) is 6. The van der Waals surface area contributed by atoms with Gasteiger partial charge < -0.3 is 9.84 Å². The Morgan fingerprint density at radius 1 is 0.407 bits per heavy atom. The highest BCUT2D eigenvalue weighted by Crippen LogP contribution is 2.58. The van der Waals surface area contributed by atoms with Crippen LogP contribution in [0, 0.1) is 0 Å². The van der Waals surface area contributed by atoms with Gasteiger partial charge in [0.2, 0.25) is 0 Å². The van der Waals surface area contributed by atoms with Gasteiger partial charge in [-0.3, -0.25) is 9.80 Å². The van der Waals surface area contributed by atoms with Gasteiger partial charge in [0.05, 0.1) is 29.9 Å². The Hall–Kier alpha value is -8.88. The summed E-state index contributed by atoms with van der Waals surface area (Å²) in [6.45, 7) is 22.7. The summed E-state index contributed by atoms with van der Waals surface area (Å²) in [5.41, 5.74) is 19.7. The SMILES string of the molecule is CCCCC1(CCCC)c2ccc(-c3cc(N(c4ccccc4)c4ccccn4)cc(C(C)(C)C)c3)nc2-c2c(O)cccc21.CCCCC1(CCCC)c2ccc(-c3cc(N(c4ccccc4)c4ccccn4)cc(C(C)(C)C)c3)nc2-c2c(OC)cccc21. The van der Waals surface area contributed by atoms with Crippen LogP contribution in [0.25, 0.3) is 45.0 Å². The number of methoxy groups -OCH3 is 1. The third-order valence-electron chi connectivity index (χ3n) is 18.9. The van der Waals surface area contributed by atoms with E-state index in [-0.39, 0.29) is 21.7 Å². The van der Waals surface area contributed by atoms with Crippen LogP contribution in [-0.2, 0) is 21.7 Å². The molecule has 0 saturated carbocycles. The molecule has 2 aliphatic rings. The molecule has 0 radical (unpaired) electrons. The predicted octanol–water partition coefficient (Wildman–Crippen LogP) is 22.8. The van der Waals surface area contributed by atoms with Crippen LogP contribution in [0.5, 0.6) is 11.5 Å². The van der Waals surface area contributed by atoms with Gasteiger partial charge in [0.25, 0.3) is 0 Å². The standard InChI is InChI=1S/C42H47N3O.C41H45N3O/c1-7-9-24-42(25-10-8-2)34-19-16-20-37(46-6)39(34)40-35(42)22-23-36(44-40)30-27-31(41(3,4)5)29-33(28-30)45(32-17-12-11-13-18-32)38-21-14-15-26-43-38;1-6-8-23-41(24-9-7-2)33-18-15-19-36(45)38(33)39-34(41)21-22-35(43-39)29-26-30(40(3,4)5)28-32(27-29)44(31-16-11-10-12-17-31)37-20-13-14-25-42-37/h11-23,26-29H,7-10,24-25H2,1-6H3;10-22,25-28,45H,6-9,23-24H2,1-5H3. The molecule has 4 heterocycles. The van der Waals surface area contributed by atoms with Gasteiger partial charge in [-0.25, -0.2) is 19.9 Å². The molecule has 0 saturated heterocycles. The number of phenols is 1. The number of benzene rings is 6. The molecule has 12 rings (SSSR count). The minimum atomic E-state index is -0.123. The Balaban J connectivity index is 0.000000187. The Bertz CT molecular complexity index is 4000. The van der Waals surface area contributed by atoms with E-state index in [1.165, 1.54) is 64.6 Å². The first kappa shape index (κ1) is 63.7. The number of aromatic hydroxyl groups is 1. The molecule has 8 heteroatoms. The molecule has 0 bridgehead atoms. The monoisotopic (exact) mass is 1200 g/mol. The number of hydrogen-bond donors (Lipinski definition) is 1. The second kappa shape index (κ2) is 27.3. The van der Waals surface area contributed by atoms with Crippen LogP contribution < -0.4 is 14.5 Å². The molecular weight excluding hydrogens is 1110 g/mol. The number of para-hydroxylation sites is 2. The molecule has 0 unspecified atom stereocenters. The Morgan fingerprint density at radius 2 is 0.813 bits per heavy atom. The van der Waals surface area contributed by atoms with E-state index < -0.39 is 0 Å². The predicted molar refractivity (Wildman–Crippen MR) is 380 cm³/mol. The number of ether oxygens (including phenoxy) is 1. The maximum atomic E-state index is 11.3. The number of anilines is 6. The van der Waals surface area contributed by atoms with Crippen molar-refractivity contribution in [1.29, 1.82) is 0 Å². The lowest BCUT2D eigenvalue weighted by molar-refractivity contribution is 0.405. The number of unbranched alkanes of at least 4 members (excludes halogenated alkanes) is 4. The Morgan fingerprint density at radius 3 is 1.21 bits per heavy atom. The van der Waals surface area contributed by atoms with Crippen molar-refractivity contribution in [2.45, 2.75) is 168 Å². The molecule has 91 heavy (non-hydrogen) atoms. The molecule has 0 fully saturated rings. The van der Waals surface area contributed by atoms with Crippen LogP contribution >= 0.6 is 0 Å². The molecular formula is C83H92N6O2. The van der Waals surface area contributed by atoms with Crippen molar-refractivity contribution in [3.63, 3.8) is 0 Å². The van der Waals surface area contributed by atoms with Crippen LogP contribution in [0.15, 0.2) is 207 Å². The molecule has 466 valence electrons. The minimum absolute atomic E-state index is 0.0434. The van der Waals surface area contributed by atoms with Gasteiger partial charge in [-0.15, -0.1) is 0 Å². The number of rotatable bonds is 21. The zero-order valence-corrected chi connectivity index (χ0v) is 55.7. The van der Waals surface area contributed by atoms with E-state index in [0.717, 1.165) is 131 Å². The van der Waals surface area contributed by atoms with Crippen LogP contribution in [-0.4, -0.2) is 32.2 Å². The van der Waals surface area contributed by atoms with Gasteiger partial charge in [-0.05, 0) is 179 Å². The highest BCUT2D eigenvalue weighted by Gasteiger charge is 2.46. The Kier molecular flexibility index (Phi) is 19.1. The minimum Gasteiger partial charge on any atom is -0.507 e. The maximum absolute atomic E-state index is 11.3.